The standard InChI is InChI=1S/C21H31N3O2/c1-17(25)19-6-3-18(4-7-19)5-8-21(26)24-15-13-23(14-16-24)20-9-11-22(2)12-10-20/h3-4,6-7,20H,5,8-16H2,1-2H3. The van der Waals surface area contributed by atoms with Gasteiger partial charge in [-0.25, -0.2) is 0 Å². The number of amides is 1. The van der Waals surface area contributed by atoms with E-state index in [9.17, 15) is 9.59 Å². The number of piperazine rings is 1. The molecule has 5 nitrogen and oxygen atoms in total. The number of benzene rings is 1. The quantitative estimate of drug-likeness (QED) is 0.757. The van der Waals surface area contributed by atoms with Crippen LogP contribution in [0.25, 0.3) is 0 Å². The van der Waals surface area contributed by atoms with Gasteiger partial charge in [-0.1, -0.05) is 24.3 Å². The van der Waals surface area contributed by atoms with Crippen LogP contribution >= 0.6 is 0 Å². The molecule has 0 bridgehead atoms. The van der Waals surface area contributed by atoms with Crippen molar-refractivity contribution in [3.05, 3.63) is 35.4 Å². The smallest absolute Gasteiger partial charge is 0.222 e. The molecule has 2 saturated heterocycles. The lowest BCUT2D eigenvalue weighted by molar-refractivity contribution is -0.133. The van der Waals surface area contributed by atoms with Gasteiger partial charge in [-0.3, -0.25) is 14.5 Å². The molecular weight excluding hydrogens is 326 g/mol. The summed E-state index contributed by atoms with van der Waals surface area (Å²) in [5.41, 5.74) is 1.85. The van der Waals surface area contributed by atoms with Crippen molar-refractivity contribution < 1.29 is 9.59 Å². The molecule has 0 unspecified atom stereocenters. The molecule has 0 spiro atoms. The molecule has 0 N–H and O–H groups in total. The van der Waals surface area contributed by atoms with Crippen LogP contribution in [0.2, 0.25) is 0 Å². The number of nitrogens with zero attached hydrogens (tertiary/aromatic N) is 3. The van der Waals surface area contributed by atoms with Crippen molar-refractivity contribution in [1.82, 2.24) is 14.7 Å². The Balaban J connectivity index is 1.41. The van der Waals surface area contributed by atoms with E-state index < -0.39 is 0 Å². The molecule has 142 valence electrons. The summed E-state index contributed by atoms with van der Waals surface area (Å²) >= 11 is 0. The summed E-state index contributed by atoms with van der Waals surface area (Å²) in [5, 5.41) is 0. The molecule has 0 aliphatic carbocycles. The van der Waals surface area contributed by atoms with Crippen LogP contribution in [0.5, 0.6) is 0 Å². The molecule has 3 rings (SSSR count). The van der Waals surface area contributed by atoms with Crippen molar-refractivity contribution in [2.75, 3.05) is 46.3 Å². The first-order chi connectivity index (χ1) is 12.5. The number of hydrogen-bond donors (Lipinski definition) is 0. The van der Waals surface area contributed by atoms with Crippen molar-refractivity contribution in [1.29, 1.82) is 0 Å². The number of Topliss-reactive ketones (excluding diaryl/α,β-unsaturated/α-hetero) is 1. The zero-order chi connectivity index (χ0) is 18.5. The van der Waals surface area contributed by atoms with E-state index in [1.165, 1.54) is 25.9 Å². The molecule has 2 heterocycles. The number of rotatable bonds is 5. The van der Waals surface area contributed by atoms with Gasteiger partial charge in [-0.05, 0) is 51.9 Å². The highest BCUT2D eigenvalue weighted by Crippen LogP contribution is 2.18. The Bertz CT molecular complexity index is 613. The first-order valence-corrected chi connectivity index (χ1v) is 9.83. The van der Waals surface area contributed by atoms with Crippen LogP contribution in [0, 0.1) is 0 Å². The molecule has 1 amide bonds. The number of carbonyl (C=O) groups excluding carboxylic acids is 2. The minimum atomic E-state index is 0.0788. The van der Waals surface area contributed by atoms with E-state index in [0.717, 1.165) is 43.7 Å². The zero-order valence-electron chi connectivity index (χ0n) is 16.1. The van der Waals surface area contributed by atoms with Crippen molar-refractivity contribution in [2.45, 2.75) is 38.6 Å². The molecule has 2 aliphatic heterocycles. The first kappa shape index (κ1) is 19.1. The number of likely N-dealkylation sites (tertiary alicyclic amines) is 1. The van der Waals surface area contributed by atoms with Gasteiger partial charge in [0, 0.05) is 44.2 Å². The molecule has 0 aromatic heterocycles. The van der Waals surface area contributed by atoms with Crippen molar-refractivity contribution >= 4 is 11.7 Å². The van der Waals surface area contributed by atoms with Gasteiger partial charge in [0.25, 0.3) is 0 Å². The van der Waals surface area contributed by atoms with Gasteiger partial charge < -0.3 is 9.80 Å². The highest BCUT2D eigenvalue weighted by atomic mass is 16.2. The van der Waals surface area contributed by atoms with E-state index in [2.05, 4.69) is 16.8 Å². The number of piperidine rings is 1. The van der Waals surface area contributed by atoms with Crippen LogP contribution in [-0.2, 0) is 11.2 Å². The van der Waals surface area contributed by atoms with Gasteiger partial charge in [-0.15, -0.1) is 0 Å². The van der Waals surface area contributed by atoms with E-state index in [1.54, 1.807) is 6.92 Å². The minimum absolute atomic E-state index is 0.0788. The summed E-state index contributed by atoms with van der Waals surface area (Å²) in [5.74, 6) is 0.332. The number of hydrogen-bond acceptors (Lipinski definition) is 4. The van der Waals surface area contributed by atoms with Crippen molar-refractivity contribution in [3.63, 3.8) is 0 Å². The molecule has 2 fully saturated rings. The molecule has 1 aromatic rings. The Labute approximate surface area is 156 Å². The van der Waals surface area contributed by atoms with E-state index in [0.29, 0.717) is 12.5 Å². The molecule has 0 radical (unpaired) electrons. The summed E-state index contributed by atoms with van der Waals surface area (Å²) < 4.78 is 0. The molecule has 1 aromatic carbocycles. The van der Waals surface area contributed by atoms with Gasteiger partial charge >= 0.3 is 0 Å². The summed E-state index contributed by atoms with van der Waals surface area (Å²) in [7, 11) is 2.19. The second-order valence-corrected chi connectivity index (χ2v) is 7.70. The predicted octanol–water partition coefficient (Wildman–Crippen LogP) is 2.06. The van der Waals surface area contributed by atoms with Crippen LogP contribution in [0.4, 0.5) is 0 Å². The Kier molecular flexibility index (Phi) is 6.43. The average molecular weight is 357 g/mol. The second kappa shape index (κ2) is 8.78. The van der Waals surface area contributed by atoms with E-state index >= 15 is 0 Å². The van der Waals surface area contributed by atoms with Gasteiger partial charge in [-0.2, -0.15) is 0 Å². The van der Waals surface area contributed by atoms with Crippen LogP contribution in [-0.4, -0.2) is 78.7 Å². The number of aryl methyl sites for hydroxylation is 1. The lowest BCUT2D eigenvalue weighted by Crippen LogP contribution is -2.54. The molecular formula is C21H31N3O2. The number of carbonyl (C=O) groups is 2. The van der Waals surface area contributed by atoms with Crippen molar-refractivity contribution in [3.8, 4) is 0 Å². The molecule has 2 aliphatic rings. The van der Waals surface area contributed by atoms with Crippen molar-refractivity contribution in [2.24, 2.45) is 0 Å². The maximum absolute atomic E-state index is 12.5. The average Bonchev–Trinajstić information content (AvgIpc) is 2.67. The van der Waals surface area contributed by atoms with E-state index in [4.69, 9.17) is 0 Å². The largest absolute Gasteiger partial charge is 0.340 e. The molecule has 5 heteroatoms. The Hall–Kier alpha value is -1.72. The van der Waals surface area contributed by atoms with Gasteiger partial charge in [0.2, 0.25) is 5.91 Å². The zero-order valence-corrected chi connectivity index (χ0v) is 16.1. The summed E-state index contributed by atoms with van der Waals surface area (Å²) in [6, 6.07) is 8.32. The third-order valence-corrected chi connectivity index (χ3v) is 5.86. The fourth-order valence-corrected chi connectivity index (χ4v) is 4.01. The molecule has 0 saturated carbocycles. The Morgan fingerprint density at radius 2 is 1.58 bits per heavy atom. The first-order valence-electron chi connectivity index (χ1n) is 9.83. The maximum atomic E-state index is 12.5. The molecule has 26 heavy (non-hydrogen) atoms. The summed E-state index contributed by atoms with van der Waals surface area (Å²) in [6.07, 6.45) is 3.79. The van der Waals surface area contributed by atoms with Crippen LogP contribution in [0.15, 0.2) is 24.3 Å². The lowest BCUT2D eigenvalue weighted by Gasteiger charge is -2.42. The van der Waals surface area contributed by atoms with Crippen LogP contribution < -0.4 is 0 Å². The van der Waals surface area contributed by atoms with Crippen LogP contribution in [0.3, 0.4) is 0 Å². The monoisotopic (exact) mass is 357 g/mol. The number of ketones is 1. The predicted molar refractivity (Wildman–Crippen MR) is 103 cm³/mol. The van der Waals surface area contributed by atoms with E-state index in [-0.39, 0.29) is 11.7 Å². The third kappa shape index (κ3) is 4.92. The van der Waals surface area contributed by atoms with E-state index in [1.807, 2.05) is 29.2 Å². The van der Waals surface area contributed by atoms with Gasteiger partial charge in [0.1, 0.15) is 0 Å². The Morgan fingerprint density at radius 3 is 2.15 bits per heavy atom. The van der Waals surface area contributed by atoms with Crippen LogP contribution in [0.1, 0.15) is 42.1 Å². The topological polar surface area (TPSA) is 43.9 Å². The fourth-order valence-electron chi connectivity index (χ4n) is 4.01. The fraction of sp³-hybridized carbons (Fsp3) is 0.619. The normalized spacial score (nSPS) is 20.3. The third-order valence-electron chi connectivity index (χ3n) is 5.86. The van der Waals surface area contributed by atoms with Gasteiger partial charge in [0.05, 0.1) is 0 Å². The Morgan fingerprint density at radius 1 is 0.962 bits per heavy atom. The van der Waals surface area contributed by atoms with Gasteiger partial charge in [0.15, 0.2) is 5.78 Å². The highest BCUT2D eigenvalue weighted by Gasteiger charge is 2.27. The highest BCUT2D eigenvalue weighted by molar-refractivity contribution is 5.94. The molecule has 0 atom stereocenters. The SMILES string of the molecule is CC(=O)c1ccc(CCC(=O)N2CCN(C3CCN(C)CC3)CC2)cc1. The second-order valence-electron chi connectivity index (χ2n) is 7.70. The lowest BCUT2D eigenvalue weighted by atomic mass is 10.0. The minimum Gasteiger partial charge on any atom is -0.340 e. The summed E-state index contributed by atoms with van der Waals surface area (Å²) in [4.78, 5) is 30.8. The maximum Gasteiger partial charge on any atom is 0.222 e. The summed E-state index contributed by atoms with van der Waals surface area (Å²) in [6.45, 7) is 7.67.